The van der Waals surface area contributed by atoms with Gasteiger partial charge in [0, 0.05) is 31.6 Å². The van der Waals surface area contributed by atoms with Crippen LogP contribution in [0.15, 0.2) is 48.5 Å². The number of carbonyl (C=O) groups is 2. The van der Waals surface area contributed by atoms with Gasteiger partial charge in [0.2, 0.25) is 21.8 Å². The summed E-state index contributed by atoms with van der Waals surface area (Å²) < 4.78 is 31.1. The lowest BCUT2D eigenvalue weighted by atomic mass is 10.1. The summed E-state index contributed by atoms with van der Waals surface area (Å²) in [5.41, 5.74) is 1.32. The van der Waals surface area contributed by atoms with Gasteiger partial charge in [0.1, 0.15) is 11.8 Å². The first-order valence-corrected chi connectivity index (χ1v) is 12.7. The van der Waals surface area contributed by atoms with E-state index in [1.807, 2.05) is 0 Å². The SMILES string of the molecule is CNC(=O)[C@@H](C)N(Cc1ccc(Cl)cc1)C(=O)CCCN(c1ccc(OC)cc1)S(C)(=O)=O. The van der Waals surface area contributed by atoms with Crippen LogP contribution in [-0.2, 0) is 26.2 Å². The van der Waals surface area contributed by atoms with Crippen LogP contribution in [0.3, 0.4) is 0 Å². The van der Waals surface area contributed by atoms with Gasteiger partial charge in [-0.2, -0.15) is 0 Å². The molecule has 0 aliphatic heterocycles. The van der Waals surface area contributed by atoms with Gasteiger partial charge in [0.05, 0.1) is 19.1 Å². The Morgan fingerprint density at radius 1 is 1.09 bits per heavy atom. The fourth-order valence-electron chi connectivity index (χ4n) is 3.33. The summed E-state index contributed by atoms with van der Waals surface area (Å²) in [7, 11) is -0.502. The van der Waals surface area contributed by atoms with Crippen LogP contribution in [0.25, 0.3) is 0 Å². The van der Waals surface area contributed by atoms with Crippen molar-refractivity contribution in [2.75, 3.05) is 31.3 Å². The van der Waals surface area contributed by atoms with Gasteiger partial charge < -0.3 is 15.0 Å². The first-order valence-electron chi connectivity index (χ1n) is 10.4. The van der Waals surface area contributed by atoms with Crippen molar-refractivity contribution in [3.8, 4) is 5.75 Å². The predicted octanol–water partition coefficient (Wildman–Crippen LogP) is 3.06. The van der Waals surface area contributed by atoms with Gasteiger partial charge in [0.25, 0.3) is 0 Å². The zero-order valence-corrected chi connectivity index (χ0v) is 20.8. The van der Waals surface area contributed by atoms with Crippen molar-refractivity contribution >= 4 is 39.1 Å². The van der Waals surface area contributed by atoms with E-state index in [2.05, 4.69) is 5.32 Å². The average molecular weight is 496 g/mol. The number of carbonyl (C=O) groups excluding carboxylic acids is 2. The highest BCUT2D eigenvalue weighted by Gasteiger charge is 2.26. The van der Waals surface area contributed by atoms with Gasteiger partial charge in [0.15, 0.2) is 0 Å². The zero-order chi connectivity index (χ0) is 24.6. The molecule has 0 aliphatic rings. The highest BCUT2D eigenvalue weighted by molar-refractivity contribution is 7.92. The van der Waals surface area contributed by atoms with Gasteiger partial charge in [-0.15, -0.1) is 0 Å². The Bertz CT molecular complexity index is 1040. The second-order valence-electron chi connectivity index (χ2n) is 7.58. The van der Waals surface area contributed by atoms with Gasteiger partial charge in [-0.3, -0.25) is 13.9 Å². The molecular weight excluding hydrogens is 466 g/mol. The van der Waals surface area contributed by atoms with Gasteiger partial charge >= 0.3 is 0 Å². The van der Waals surface area contributed by atoms with E-state index >= 15 is 0 Å². The molecule has 1 N–H and O–H groups in total. The number of hydrogen-bond acceptors (Lipinski definition) is 5. The summed E-state index contributed by atoms with van der Waals surface area (Å²) in [6.45, 7) is 2.02. The molecule has 0 saturated heterocycles. The van der Waals surface area contributed by atoms with Crippen molar-refractivity contribution in [1.29, 1.82) is 0 Å². The molecule has 8 nitrogen and oxygen atoms in total. The topological polar surface area (TPSA) is 96.0 Å². The molecule has 0 radical (unpaired) electrons. The number of methoxy groups -OCH3 is 1. The standard InChI is InChI=1S/C23H30ClN3O5S/c1-17(23(29)25-2)26(16-18-7-9-19(24)10-8-18)22(28)6-5-15-27(33(4,30)31)20-11-13-21(32-3)14-12-20/h7-14,17H,5-6,15-16H2,1-4H3,(H,25,29)/t17-/m1/s1. The number of likely N-dealkylation sites (N-methyl/N-ethyl adjacent to an activating group) is 1. The maximum atomic E-state index is 13.1. The molecule has 0 spiro atoms. The van der Waals surface area contributed by atoms with Crippen LogP contribution in [0.5, 0.6) is 5.75 Å². The Balaban J connectivity index is 2.12. The van der Waals surface area contributed by atoms with Crippen molar-refractivity contribution < 1.29 is 22.7 Å². The number of sulfonamides is 1. The number of nitrogens with one attached hydrogen (secondary N) is 1. The van der Waals surface area contributed by atoms with E-state index < -0.39 is 16.1 Å². The molecule has 1 atom stereocenters. The number of benzene rings is 2. The summed E-state index contributed by atoms with van der Waals surface area (Å²) in [6.07, 6.45) is 1.49. The van der Waals surface area contributed by atoms with E-state index in [-0.39, 0.29) is 37.7 Å². The summed E-state index contributed by atoms with van der Waals surface area (Å²) in [5.74, 6) is 0.0842. The van der Waals surface area contributed by atoms with Crippen LogP contribution in [0, 0.1) is 0 Å². The molecule has 0 heterocycles. The van der Waals surface area contributed by atoms with Crippen LogP contribution >= 0.6 is 11.6 Å². The van der Waals surface area contributed by atoms with Crippen LogP contribution < -0.4 is 14.4 Å². The van der Waals surface area contributed by atoms with Gasteiger partial charge in [-0.25, -0.2) is 8.42 Å². The fourth-order valence-corrected chi connectivity index (χ4v) is 4.42. The molecule has 0 fully saturated rings. The number of hydrogen-bond donors (Lipinski definition) is 1. The molecule has 2 aromatic rings. The first kappa shape index (κ1) is 26.5. The van der Waals surface area contributed by atoms with Crippen molar-refractivity contribution in [3.05, 3.63) is 59.1 Å². The highest BCUT2D eigenvalue weighted by Crippen LogP contribution is 2.22. The smallest absolute Gasteiger partial charge is 0.242 e. The van der Waals surface area contributed by atoms with Crippen molar-refractivity contribution in [2.45, 2.75) is 32.4 Å². The second-order valence-corrected chi connectivity index (χ2v) is 9.92. The Hall–Kier alpha value is -2.78. The summed E-state index contributed by atoms with van der Waals surface area (Å²) in [5, 5.41) is 3.15. The molecule has 10 heteroatoms. The number of ether oxygens (including phenoxy) is 1. The van der Waals surface area contributed by atoms with Crippen LogP contribution in [0.1, 0.15) is 25.3 Å². The fraction of sp³-hybridized carbons (Fsp3) is 0.391. The summed E-state index contributed by atoms with van der Waals surface area (Å²) >= 11 is 5.94. The van der Waals surface area contributed by atoms with Crippen LogP contribution in [-0.4, -0.2) is 58.1 Å². The number of rotatable bonds is 11. The van der Waals surface area contributed by atoms with E-state index in [4.69, 9.17) is 16.3 Å². The number of nitrogens with zero attached hydrogens (tertiary/aromatic N) is 2. The molecule has 0 unspecified atom stereocenters. The molecule has 0 saturated carbocycles. The van der Waals surface area contributed by atoms with E-state index in [0.717, 1.165) is 11.8 Å². The average Bonchev–Trinajstić information content (AvgIpc) is 2.79. The lowest BCUT2D eigenvalue weighted by molar-refractivity contribution is -0.140. The van der Waals surface area contributed by atoms with Crippen LogP contribution in [0.2, 0.25) is 5.02 Å². The minimum atomic E-state index is -3.55. The Labute approximate surface area is 200 Å². The third-order valence-corrected chi connectivity index (χ3v) is 6.64. The zero-order valence-electron chi connectivity index (χ0n) is 19.2. The Morgan fingerprint density at radius 2 is 1.70 bits per heavy atom. The third-order valence-electron chi connectivity index (χ3n) is 5.19. The molecule has 2 amide bonds. The van der Waals surface area contributed by atoms with Gasteiger partial charge in [-0.1, -0.05) is 23.7 Å². The first-order chi connectivity index (χ1) is 15.6. The highest BCUT2D eigenvalue weighted by atomic mass is 35.5. The lowest BCUT2D eigenvalue weighted by Gasteiger charge is -2.29. The molecule has 0 bridgehead atoms. The quantitative estimate of drug-likeness (QED) is 0.517. The largest absolute Gasteiger partial charge is 0.497 e. The van der Waals surface area contributed by atoms with E-state index in [9.17, 15) is 18.0 Å². The maximum Gasteiger partial charge on any atom is 0.242 e. The van der Waals surface area contributed by atoms with Crippen molar-refractivity contribution in [2.24, 2.45) is 0 Å². The molecule has 33 heavy (non-hydrogen) atoms. The Morgan fingerprint density at radius 3 is 2.21 bits per heavy atom. The summed E-state index contributed by atoms with van der Waals surface area (Å²) in [6, 6.07) is 13.0. The minimum absolute atomic E-state index is 0.0805. The monoisotopic (exact) mass is 495 g/mol. The van der Waals surface area contributed by atoms with E-state index in [0.29, 0.717) is 16.5 Å². The predicted molar refractivity (Wildman–Crippen MR) is 130 cm³/mol. The maximum absolute atomic E-state index is 13.1. The molecular formula is C23H30ClN3O5S. The lowest BCUT2D eigenvalue weighted by Crippen LogP contribution is -2.46. The van der Waals surface area contributed by atoms with E-state index in [1.165, 1.54) is 23.4 Å². The minimum Gasteiger partial charge on any atom is -0.497 e. The summed E-state index contributed by atoms with van der Waals surface area (Å²) in [4.78, 5) is 26.8. The van der Waals surface area contributed by atoms with Gasteiger partial charge in [-0.05, 0) is 55.3 Å². The molecule has 2 aromatic carbocycles. The van der Waals surface area contributed by atoms with Crippen LogP contribution in [0.4, 0.5) is 5.69 Å². The molecule has 0 aliphatic carbocycles. The Kier molecular flexibility index (Phi) is 9.55. The normalized spacial score (nSPS) is 12.0. The number of halogens is 1. The van der Waals surface area contributed by atoms with Crippen molar-refractivity contribution in [3.63, 3.8) is 0 Å². The second kappa shape index (κ2) is 11.9. The van der Waals surface area contributed by atoms with Crippen molar-refractivity contribution in [1.82, 2.24) is 10.2 Å². The molecule has 180 valence electrons. The molecule has 2 rings (SSSR count). The third kappa shape index (κ3) is 7.64. The number of anilines is 1. The van der Waals surface area contributed by atoms with E-state index in [1.54, 1.807) is 55.5 Å². The molecule has 0 aromatic heterocycles. The number of amides is 2.